The molecule has 0 bridgehead atoms. The summed E-state index contributed by atoms with van der Waals surface area (Å²) in [5, 5.41) is 7.59. The van der Waals surface area contributed by atoms with Crippen molar-refractivity contribution in [1.82, 2.24) is 10.6 Å². The van der Waals surface area contributed by atoms with Crippen molar-refractivity contribution in [2.75, 3.05) is 11.9 Å². The van der Waals surface area contributed by atoms with Gasteiger partial charge in [0.25, 0.3) is 0 Å². The van der Waals surface area contributed by atoms with Crippen LogP contribution in [0.1, 0.15) is 112 Å². The van der Waals surface area contributed by atoms with Gasteiger partial charge in [0.15, 0.2) is 0 Å². The Hall–Kier alpha value is -4.64. The highest BCUT2D eigenvalue weighted by Crippen LogP contribution is 2.35. The first-order chi connectivity index (χ1) is 24.9. The van der Waals surface area contributed by atoms with Crippen LogP contribution in [0.2, 0.25) is 0 Å². The molecule has 3 nitrogen and oxygen atoms in total. The van der Waals surface area contributed by atoms with Gasteiger partial charge in [-0.15, -0.1) is 11.3 Å². The van der Waals surface area contributed by atoms with Gasteiger partial charge in [-0.2, -0.15) is 0 Å². The minimum absolute atomic E-state index is 0.0406. The van der Waals surface area contributed by atoms with Crippen LogP contribution in [0.5, 0.6) is 0 Å². The molecule has 0 fully saturated rings. The Labute approximate surface area is 313 Å². The van der Waals surface area contributed by atoms with Crippen LogP contribution in [0.25, 0.3) is 23.9 Å². The molecule has 4 heteroatoms. The van der Waals surface area contributed by atoms with Gasteiger partial charge < -0.3 is 10.2 Å². The zero-order valence-electron chi connectivity index (χ0n) is 32.4. The lowest BCUT2D eigenvalue weighted by molar-refractivity contribution is 0.442. The molecule has 1 aromatic heterocycles. The highest BCUT2D eigenvalue weighted by Gasteiger charge is 2.24. The van der Waals surface area contributed by atoms with Crippen LogP contribution >= 0.6 is 11.3 Å². The van der Waals surface area contributed by atoms with Crippen molar-refractivity contribution in [3.05, 3.63) is 171 Å². The zero-order chi connectivity index (χ0) is 37.3. The second-order valence-electron chi connectivity index (χ2n) is 11.9. The first-order valence-electron chi connectivity index (χ1n) is 18.5. The molecule has 2 atom stereocenters. The summed E-state index contributed by atoms with van der Waals surface area (Å²) in [7, 11) is 2.16. The van der Waals surface area contributed by atoms with Crippen LogP contribution in [-0.2, 0) is 6.42 Å². The van der Waals surface area contributed by atoms with Crippen molar-refractivity contribution in [1.29, 1.82) is 0 Å². The molecule has 5 rings (SSSR count). The van der Waals surface area contributed by atoms with Crippen LogP contribution in [0.3, 0.4) is 0 Å². The number of allylic oxidation sites excluding steroid dienone is 4. The quantitative estimate of drug-likeness (QED) is 0.144. The number of nitrogens with zero attached hydrogens (tertiary/aromatic N) is 1. The zero-order valence-corrected chi connectivity index (χ0v) is 33.2. The van der Waals surface area contributed by atoms with E-state index < -0.39 is 0 Å². The summed E-state index contributed by atoms with van der Waals surface area (Å²) < 4.78 is 0. The fourth-order valence-corrected chi connectivity index (χ4v) is 7.35. The number of likely N-dealkylation sites (N-methyl/N-ethyl adjacent to an activating group) is 1. The van der Waals surface area contributed by atoms with E-state index in [-0.39, 0.29) is 12.2 Å². The average molecular weight is 698 g/mol. The predicted molar refractivity (Wildman–Crippen MR) is 230 cm³/mol. The molecule has 3 aromatic carbocycles. The molecule has 51 heavy (non-hydrogen) atoms. The largest absolute Gasteiger partial charge is 0.366 e. The van der Waals surface area contributed by atoms with E-state index in [0.717, 1.165) is 24.2 Å². The van der Waals surface area contributed by atoms with E-state index in [0.29, 0.717) is 0 Å². The Morgan fingerprint density at radius 2 is 1.43 bits per heavy atom. The van der Waals surface area contributed by atoms with E-state index in [1.165, 1.54) is 54.4 Å². The van der Waals surface area contributed by atoms with Gasteiger partial charge in [-0.3, -0.25) is 5.32 Å². The lowest BCUT2D eigenvalue weighted by Crippen LogP contribution is -2.39. The summed E-state index contributed by atoms with van der Waals surface area (Å²) >= 11 is 1.79. The van der Waals surface area contributed by atoms with Crippen molar-refractivity contribution >= 4 is 40.9 Å². The maximum atomic E-state index is 4.07. The van der Waals surface area contributed by atoms with E-state index in [4.69, 9.17) is 0 Å². The smallest absolute Gasteiger partial charge is 0.104 e. The third-order valence-corrected chi connectivity index (χ3v) is 10.1. The average Bonchev–Trinajstić information content (AvgIpc) is 3.55. The Bertz CT molecular complexity index is 1800. The monoisotopic (exact) mass is 697 g/mol. The maximum Gasteiger partial charge on any atom is 0.104 e. The second kappa shape index (κ2) is 20.9. The topological polar surface area (TPSA) is 27.3 Å². The number of anilines is 1. The number of nitrogens with one attached hydrogen (secondary N) is 2. The molecule has 0 aliphatic carbocycles. The molecule has 268 valence electrons. The van der Waals surface area contributed by atoms with Crippen LogP contribution < -0.4 is 15.5 Å². The number of benzene rings is 3. The third kappa shape index (κ3) is 10.2. The van der Waals surface area contributed by atoms with E-state index in [1.54, 1.807) is 11.3 Å². The predicted octanol–water partition coefficient (Wildman–Crippen LogP) is 13.4. The van der Waals surface area contributed by atoms with Gasteiger partial charge in [0.05, 0.1) is 6.04 Å². The Kier molecular flexibility index (Phi) is 16.7. The van der Waals surface area contributed by atoms with Crippen molar-refractivity contribution in [2.45, 2.75) is 80.4 Å². The Balaban J connectivity index is 0.00000169. The van der Waals surface area contributed by atoms with Gasteiger partial charge in [-0.25, -0.2) is 0 Å². The number of hydrogen-bond acceptors (Lipinski definition) is 4. The Morgan fingerprint density at radius 1 is 0.804 bits per heavy atom. The van der Waals surface area contributed by atoms with Gasteiger partial charge in [-0.1, -0.05) is 146 Å². The molecule has 1 aliphatic heterocycles. The molecule has 0 saturated carbocycles. The van der Waals surface area contributed by atoms with Gasteiger partial charge in [0.2, 0.25) is 0 Å². The molecule has 4 aromatic rings. The summed E-state index contributed by atoms with van der Waals surface area (Å²) in [6.45, 7) is 24.9. The van der Waals surface area contributed by atoms with Gasteiger partial charge >= 0.3 is 0 Å². The Morgan fingerprint density at radius 3 is 2.00 bits per heavy atom. The van der Waals surface area contributed by atoms with E-state index >= 15 is 0 Å². The second-order valence-corrected chi connectivity index (χ2v) is 12.9. The molecule has 0 radical (unpaired) electrons. The van der Waals surface area contributed by atoms with Crippen LogP contribution in [0.15, 0.2) is 133 Å². The van der Waals surface area contributed by atoms with Crippen molar-refractivity contribution in [3.63, 3.8) is 0 Å². The van der Waals surface area contributed by atoms with E-state index in [2.05, 4.69) is 173 Å². The minimum Gasteiger partial charge on any atom is -0.366 e. The summed E-state index contributed by atoms with van der Waals surface area (Å²) in [6.07, 6.45) is 14.9. The molecule has 2 N–H and O–H groups in total. The number of thiophene rings is 1. The van der Waals surface area contributed by atoms with Crippen LogP contribution in [0.4, 0.5) is 5.69 Å². The van der Waals surface area contributed by atoms with E-state index in [1.807, 2.05) is 39.8 Å². The lowest BCUT2D eigenvalue weighted by atomic mass is 9.98. The fraction of sp³-hybridized carbons (Fsp3) is 0.277. The van der Waals surface area contributed by atoms with Crippen LogP contribution in [-0.4, -0.2) is 7.05 Å². The van der Waals surface area contributed by atoms with E-state index in [9.17, 15) is 0 Å². The normalized spacial score (nSPS) is 16.0. The standard InChI is InChI=1S/C43H47N3S.2C2H6/c1-8-12-23-40(31(6)30(5)28-42-37(10-3)36(9-2)41(11-4)47-42)46(7)35-26-24-34(25-27-35)43-44-38(32-19-15-13-16-20-32)29-39(45-43)33-21-17-14-18-22-33;2*1-2/h9,11-29,38,43-45H,2,4,8,10H2,1,3,5-7H3;2*1-2H3/b23-12-,30-28+,40-31-;;. The highest BCUT2D eigenvalue weighted by molar-refractivity contribution is 7.14. The molecule has 2 heterocycles. The summed E-state index contributed by atoms with van der Waals surface area (Å²) in [4.78, 5) is 4.76. The molecular weight excluding hydrogens is 639 g/mol. The summed E-state index contributed by atoms with van der Waals surface area (Å²) in [5.41, 5.74) is 12.1. The maximum absolute atomic E-state index is 4.07. The molecule has 1 aliphatic rings. The highest BCUT2D eigenvalue weighted by atomic mass is 32.1. The van der Waals surface area contributed by atoms with Gasteiger partial charge in [-0.05, 0) is 96.0 Å². The lowest BCUT2D eigenvalue weighted by Gasteiger charge is -2.33. The van der Waals surface area contributed by atoms with Crippen molar-refractivity contribution in [2.24, 2.45) is 0 Å². The summed E-state index contributed by atoms with van der Waals surface area (Å²) in [5.74, 6) is 0. The molecule has 0 spiro atoms. The molecule has 0 saturated heterocycles. The number of hydrogen-bond donors (Lipinski definition) is 2. The molecular formula is C47H59N3S. The summed E-state index contributed by atoms with van der Waals surface area (Å²) in [6, 6.07) is 30.2. The minimum atomic E-state index is -0.0406. The number of rotatable bonds is 12. The van der Waals surface area contributed by atoms with Crippen molar-refractivity contribution in [3.8, 4) is 0 Å². The van der Waals surface area contributed by atoms with Gasteiger partial charge in [0.1, 0.15) is 6.17 Å². The fourth-order valence-electron chi connectivity index (χ4n) is 6.10. The van der Waals surface area contributed by atoms with Gasteiger partial charge in [0, 0.05) is 33.9 Å². The van der Waals surface area contributed by atoms with Crippen LogP contribution in [0, 0.1) is 0 Å². The van der Waals surface area contributed by atoms with Crippen molar-refractivity contribution < 1.29 is 0 Å². The third-order valence-electron chi connectivity index (χ3n) is 8.88. The molecule has 2 unspecified atom stereocenters. The first kappa shape index (κ1) is 40.8. The first-order valence-corrected chi connectivity index (χ1v) is 19.3. The SMILES string of the molecule is C=Cc1sc(/C=C(C)/C(C)=C(/C=C\CC)N(C)c2ccc(C3NC(c4ccccc4)=CC(c4ccccc4)N3)cc2)c(CC)c1C=C.CC.CC. The molecule has 0 amide bonds.